The highest BCUT2D eigenvalue weighted by molar-refractivity contribution is 6.31. The number of fused-ring (bicyclic) bond motifs is 1. The van der Waals surface area contributed by atoms with Crippen molar-refractivity contribution in [2.75, 3.05) is 5.32 Å². The molecule has 0 radical (unpaired) electrons. The lowest BCUT2D eigenvalue weighted by atomic mass is 10.2. The molecule has 29 heavy (non-hydrogen) atoms. The molecule has 3 heterocycles. The molecule has 3 aromatic heterocycles. The summed E-state index contributed by atoms with van der Waals surface area (Å²) in [5.74, 6) is 0.213. The Hall–Kier alpha value is -3.16. The van der Waals surface area contributed by atoms with Crippen LogP contribution in [-0.2, 0) is 11.3 Å². The van der Waals surface area contributed by atoms with Crippen LogP contribution in [0.25, 0.3) is 11.7 Å². The Kier molecular flexibility index (Phi) is 5.33. The highest BCUT2D eigenvalue weighted by atomic mass is 35.5. The molecular weight excluding hydrogens is 411 g/mol. The van der Waals surface area contributed by atoms with E-state index in [0.29, 0.717) is 33.7 Å². The van der Waals surface area contributed by atoms with Crippen molar-refractivity contribution in [2.24, 2.45) is 0 Å². The van der Waals surface area contributed by atoms with Crippen LogP contribution in [0, 0.1) is 6.92 Å². The molecule has 1 N–H and O–H groups in total. The molecule has 0 aliphatic rings. The van der Waals surface area contributed by atoms with E-state index in [9.17, 15) is 4.79 Å². The van der Waals surface area contributed by atoms with Crippen LogP contribution >= 0.6 is 23.2 Å². The van der Waals surface area contributed by atoms with Crippen molar-refractivity contribution in [1.29, 1.82) is 0 Å². The average Bonchev–Trinajstić information content (AvgIpc) is 3.28. The molecule has 9 heteroatoms. The van der Waals surface area contributed by atoms with Gasteiger partial charge in [0.1, 0.15) is 11.0 Å². The van der Waals surface area contributed by atoms with E-state index < -0.39 is 0 Å². The predicted molar refractivity (Wildman–Crippen MR) is 113 cm³/mol. The zero-order chi connectivity index (χ0) is 20.4. The predicted octanol–water partition coefficient (Wildman–Crippen LogP) is 4.24. The van der Waals surface area contributed by atoms with E-state index in [1.807, 2.05) is 31.2 Å². The number of carbonyl (C=O) groups is 1. The second-order valence-corrected chi connectivity index (χ2v) is 7.12. The first kappa shape index (κ1) is 19.2. The number of nitrogens with zero attached hydrogens (tertiary/aromatic N) is 5. The van der Waals surface area contributed by atoms with E-state index in [2.05, 4.69) is 20.5 Å². The minimum absolute atomic E-state index is 0.311. The van der Waals surface area contributed by atoms with Crippen LogP contribution in [0.2, 0.25) is 10.2 Å². The average molecular weight is 427 g/mol. The third-order valence-electron chi connectivity index (χ3n) is 4.30. The summed E-state index contributed by atoms with van der Waals surface area (Å²) in [6, 6.07) is 10.9. The molecule has 0 unspecified atom stereocenters. The van der Waals surface area contributed by atoms with E-state index in [1.165, 1.54) is 6.08 Å². The van der Waals surface area contributed by atoms with E-state index in [4.69, 9.17) is 23.2 Å². The van der Waals surface area contributed by atoms with Crippen LogP contribution in [0.5, 0.6) is 0 Å². The standard InChI is InChI=1S/C20H16Cl2N6O/c1-13-16(20(22)27(26-13)12-14-2-4-15(21)5-3-14)6-7-19(29)25-18-8-10-23-17-9-11-24-28(17)18/h2-11H,12H2,1H3,(H,25,29)/b7-6+. The van der Waals surface area contributed by atoms with Gasteiger partial charge < -0.3 is 5.32 Å². The van der Waals surface area contributed by atoms with E-state index in [-0.39, 0.29) is 5.91 Å². The van der Waals surface area contributed by atoms with Gasteiger partial charge in [0.05, 0.1) is 18.4 Å². The number of carbonyl (C=O) groups excluding carboxylic acids is 1. The fraction of sp³-hybridized carbons (Fsp3) is 0.100. The Balaban J connectivity index is 1.50. The first-order valence-electron chi connectivity index (χ1n) is 8.76. The first-order chi connectivity index (χ1) is 14.0. The van der Waals surface area contributed by atoms with Crippen LogP contribution in [0.3, 0.4) is 0 Å². The Morgan fingerprint density at radius 1 is 1.14 bits per heavy atom. The lowest BCUT2D eigenvalue weighted by Crippen LogP contribution is -2.11. The van der Waals surface area contributed by atoms with E-state index in [0.717, 1.165) is 11.3 Å². The maximum absolute atomic E-state index is 12.4. The molecule has 4 rings (SSSR count). The molecule has 146 valence electrons. The summed E-state index contributed by atoms with van der Waals surface area (Å²) in [6.07, 6.45) is 6.29. The summed E-state index contributed by atoms with van der Waals surface area (Å²) < 4.78 is 3.24. The van der Waals surface area contributed by atoms with E-state index >= 15 is 0 Å². The zero-order valence-electron chi connectivity index (χ0n) is 15.4. The molecule has 0 aliphatic heterocycles. The summed E-state index contributed by atoms with van der Waals surface area (Å²) in [4.78, 5) is 16.5. The number of nitrogens with one attached hydrogen (secondary N) is 1. The Morgan fingerprint density at radius 2 is 1.93 bits per heavy atom. The minimum Gasteiger partial charge on any atom is -0.307 e. The number of anilines is 1. The molecule has 0 saturated carbocycles. The molecule has 4 aromatic rings. The Bertz CT molecular complexity index is 1210. The van der Waals surface area contributed by atoms with Gasteiger partial charge in [0, 0.05) is 28.9 Å². The molecule has 0 fully saturated rings. The molecular formula is C20H16Cl2N6O. The maximum atomic E-state index is 12.4. The van der Waals surface area contributed by atoms with Crippen LogP contribution in [-0.4, -0.2) is 30.3 Å². The van der Waals surface area contributed by atoms with Gasteiger partial charge >= 0.3 is 0 Å². The van der Waals surface area contributed by atoms with Crippen molar-refractivity contribution < 1.29 is 4.79 Å². The highest BCUT2D eigenvalue weighted by Gasteiger charge is 2.12. The first-order valence-corrected chi connectivity index (χ1v) is 9.52. The fourth-order valence-corrected chi connectivity index (χ4v) is 3.30. The van der Waals surface area contributed by atoms with Gasteiger partial charge in [-0.2, -0.15) is 14.7 Å². The van der Waals surface area contributed by atoms with Crippen LogP contribution in [0.1, 0.15) is 16.8 Å². The van der Waals surface area contributed by atoms with Crippen molar-refractivity contribution in [3.8, 4) is 0 Å². The van der Waals surface area contributed by atoms with Gasteiger partial charge in [0.2, 0.25) is 5.91 Å². The second kappa shape index (κ2) is 8.06. The summed E-state index contributed by atoms with van der Waals surface area (Å²) in [5.41, 5.74) is 3.09. The number of amides is 1. The number of aromatic nitrogens is 5. The fourth-order valence-electron chi connectivity index (χ4n) is 2.88. The van der Waals surface area contributed by atoms with Crippen LogP contribution in [0.4, 0.5) is 5.82 Å². The zero-order valence-corrected chi connectivity index (χ0v) is 16.9. The molecule has 0 saturated heterocycles. The topological polar surface area (TPSA) is 77.1 Å². The summed E-state index contributed by atoms with van der Waals surface area (Å²) in [5, 5.41) is 12.5. The number of hydrogen-bond donors (Lipinski definition) is 1. The molecule has 0 aliphatic carbocycles. The smallest absolute Gasteiger partial charge is 0.249 e. The third kappa shape index (κ3) is 4.16. The highest BCUT2D eigenvalue weighted by Crippen LogP contribution is 2.23. The monoisotopic (exact) mass is 426 g/mol. The van der Waals surface area contributed by atoms with Gasteiger partial charge in [-0.1, -0.05) is 35.3 Å². The van der Waals surface area contributed by atoms with Crippen LogP contribution < -0.4 is 5.32 Å². The Labute approximate surface area is 176 Å². The number of hydrogen-bond acceptors (Lipinski definition) is 4. The van der Waals surface area contributed by atoms with Gasteiger partial charge in [0.15, 0.2) is 5.65 Å². The molecule has 0 atom stereocenters. The lowest BCUT2D eigenvalue weighted by Gasteiger charge is -2.04. The molecule has 1 amide bonds. The lowest BCUT2D eigenvalue weighted by molar-refractivity contribution is -0.111. The van der Waals surface area contributed by atoms with Crippen molar-refractivity contribution >= 4 is 46.7 Å². The normalized spacial score (nSPS) is 11.4. The molecule has 0 spiro atoms. The van der Waals surface area contributed by atoms with E-state index in [1.54, 1.807) is 39.8 Å². The van der Waals surface area contributed by atoms with Gasteiger partial charge in [-0.05, 0) is 36.8 Å². The summed E-state index contributed by atoms with van der Waals surface area (Å²) >= 11 is 12.4. The van der Waals surface area contributed by atoms with Crippen molar-refractivity contribution in [1.82, 2.24) is 24.4 Å². The number of benzene rings is 1. The molecule has 1 aromatic carbocycles. The summed E-state index contributed by atoms with van der Waals surface area (Å²) in [6.45, 7) is 2.35. The SMILES string of the molecule is Cc1nn(Cc2ccc(Cl)cc2)c(Cl)c1/C=C/C(=O)Nc1ccnc2ccnn12. The van der Waals surface area contributed by atoms with Gasteiger partial charge in [0.25, 0.3) is 0 Å². The second-order valence-electron chi connectivity index (χ2n) is 6.33. The molecule has 0 bridgehead atoms. The largest absolute Gasteiger partial charge is 0.307 e. The number of halogens is 2. The Morgan fingerprint density at radius 3 is 2.72 bits per heavy atom. The minimum atomic E-state index is -0.311. The van der Waals surface area contributed by atoms with Crippen molar-refractivity contribution in [3.05, 3.63) is 81.9 Å². The number of rotatable bonds is 5. The maximum Gasteiger partial charge on any atom is 0.249 e. The summed E-state index contributed by atoms with van der Waals surface area (Å²) in [7, 11) is 0. The number of aryl methyl sites for hydroxylation is 1. The van der Waals surface area contributed by atoms with Gasteiger partial charge in [-0.3, -0.25) is 4.79 Å². The van der Waals surface area contributed by atoms with Gasteiger partial charge in [-0.15, -0.1) is 0 Å². The van der Waals surface area contributed by atoms with Crippen LogP contribution in [0.15, 0.2) is 54.9 Å². The van der Waals surface area contributed by atoms with Crippen molar-refractivity contribution in [2.45, 2.75) is 13.5 Å². The van der Waals surface area contributed by atoms with Gasteiger partial charge in [-0.25, -0.2) is 9.67 Å². The van der Waals surface area contributed by atoms with Crippen molar-refractivity contribution in [3.63, 3.8) is 0 Å². The third-order valence-corrected chi connectivity index (χ3v) is 4.95. The quantitative estimate of drug-likeness (QED) is 0.484. The molecule has 7 nitrogen and oxygen atoms in total.